The summed E-state index contributed by atoms with van der Waals surface area (Å²) in [5, 5.41) is 0. The van der Waals surface area contributed by atoms with Crippen LogP contribution in [0.3, 0.4) is 0 Å². The molecule has 0 saturated carbocycles. The van der Waals surface area contributed by atoms with Crippen LogP contribution in [-0.2, 0) is 6.42 Å². The Morgan fingerprint density at radius 1 is 1.00 bits per heavy atom. The highest BCUT2D eigenvalue weighted by molar-refractivity contribution is 5.14. The molecule has 0 spiro atoms. The lowest BCUT2D eigenvalue weighted by atomic mass is 10.1. The Kier molecular flexibility index (Phi) is 9.56. The summed E-state index contributed by atoms with van der Waals surface area (Å²) >= 11 is 0. The molecule has 12 heavy (non-hydrogen) atoms. The molecule has 0 radical (unpaired) electrons. The van der Waals surface area contributed by atoms with Crippen LogP contribution in [0.2, 0.25) is 0 Å². The van der Waals surface area contributed by atoms with E-state index in [9.17, 15) is 0 Å². The molecular formula is C12H22. The van der Waals surface area contributed by atoms with Gasteiger partial charge in [-0.2, -0.15) is 0 Å². The number of benzene rings is 1. The molecule has 0 aliphatic carbocycles. The first-order valence-electron chi connectivity index (χ1n) is 3.97. The largest absolute Gasteiger partial charge is 0.0776 e. The van der Waals surface area contributed by atoms with Crippen LogP contribution in [-0.4, -0.2) is 0 Å². The Morgan fingerprint density at radius 2 is 1.58 bits per heavy atom. The molecule has 0 bridgehead atoms. The second-order valence-corrected chi connectivity index (χ2v) is 2.59. The van der Waals surface area contributed by atoms with E-state index < -0.39 is 0 Å². The topological polar surface area (TPSA) is 0 Å². The SMILES string of the molecule is C.C.CCCCc1ccccc1. The molecule has 0 heteroatoms. The van der Waals surface area contributed by atoms with E-state index in [-0.39, 0.29) is 14.9 Å². The minimum atomic E-state index is 0. The number of hydrogen-bond donors (Lipinski definition) is 0. The minimum Gasteiger partial charge on any atom is -0.0776 e. The highest BCUT2D eigenvalue weighted by Crippen LogP contribution is 2.03. The van der Waals surface area contributed by atoms with E-state index in [4.69, 9.17) is 0 Å². The summed E-state index contributed by atoms with van der Waals surface area (Å²) in [5.41, 5.74) is 1.46. The smallest absolute Gasteiger partial charge is 0.0279 e. The molecule has 0 unspecified atom stereocenters. The molecule has 0 amide bonds. The lowest BCUT2D eigenvalue weighted by Crippen LogP contribution is -1.81. The van der Waals surface area contributed by atoms with E-state index in [1.54, 1.807) is 0 Å². The Bertz CT molecular complexity index is 165. The average molecular weight is 166 g/mol. The molecule has 0 N–H and O–H groups in total. The maximum Gasteiger partial charge on any atom is -0.0279 e. The monoisotopic (exact) mass is 166 g/mol. The molecule has 0 aliphatic rings. The van der Waals surface area contributed by atoms with Crippen molar-refractivity contribution in [1.82, 2.24) is 0 Å². The van der Waals surface area contributed by atoms with Crippen molar-refractivity contribution in [2.45, 2.75) is 41.0 Å². The van der Waals surface area contributed by atoms with Gasteiger partial charge in [0.2, 0.25) is 0 Å². The highest BCUT2D eigenvalue weighted by Gasteiger charge is 1.87. The predicted octanol–water partition coefficient (Wildman–Crippen LogP) is 4.30. The van der Waals surface area contributed by atoms with Crippen LogP contribution in [0.4, 0.5) is 0 Å². The molecule has 0 aromatic heterocycles. The zero-order valence-corrected chi connectivity index (χ0v) is 6.51. The van der Waals surface area contributed by atoms with Crippen molar-refractivity contribution in [3.8, 4) is 0 Å². The van der Waals surface area contributed by atoms with Gasteiger partial charge >= 0.3 is 0 Å². The fourth-order valence-electron chi connectivity index (χ4n) is 1.03. The molecule has 1 aromatic carbocycles. The third-order valence-electron chi connectivity index (χ3n) is 1.66. The first-order chi connectivity index (χ1) is 4.93. The number of hydrogen-bond acceptors (Lipinski definition) is 0. The molecule has 0 nitrogen and oxygen atoms in total. The first kappa shape index (κ1) is 13.8. The fraction of sp³-hybridized carbons (Fsp3) is 0.500. The van der Waals surface area contributed by atoms with Gasteiger partial charge in [-0.05, 0) is 18.4 Å². The molecule has 0 fully saturated rings. The third-order valence-corrected chi connectivity index (χ3v) is 1.66. The van der Waals surface area contributed by atoms with E-state index in [2.05, 4.69) is 37.3 Å². The molecule has 0 heterocycles. The van der Waals surface area contributed by atoms with Gasteiger partial charge in [-0.1, -0.05) is 58.5 Å². The summed E-state index contributed by atoms with van der Waals surface area (Å²) in [5.74, 6) is 0. The molecule has 0 aliphatic heterocycles. The number of unbranched alkanes of at least 4 members (excludes halogenated alkanes) is 1. The van der Waals surface area contributed by atoms with Crippen molar-refractivity contribution in [1.29, 1.82) is 0 Å². The molecule has 0 atom stereocenters. The number of aryl methyl sites for hydroxylation is 1. The molecule has 0 saturated heterocycles. The molecule has 70 valence electrons. The van der Waals surface area contributed by atoms with Crippen molar-refractivity contribution >= 4 is 0 Å². The standard InChI is InChI=1S/C10H14.2CH4/c1-2-3-7-10-8-5-4-6-9-10;;/h4-6,8-9H,2-3,7H2,1H3;2*1H4. The summed E-state index contributed by atoms with van der Waals surface area (Å²) in [7, 11) is 0. The van der Waals surface area contributed by atoms with Gasteiger partial charge in [0.1, 0.15) is 0 Å². The highest BCUT2D eigenvalue weighted by atomic mass is 13.9. The van der Waals surface area contributed by atoms with E-state index >= 15 is 0 Å². The summed E-state index contributed by atoms with van der Waals surface area (Å²) in [6.07, 6.45) is 3.83. The Hall–Kier alpha value is -0.780. The Morgan fingerprint density at radius 3 is 2.08 bits per heavy atom. The summed E-state index contributed by atoms with van der Waals surface area (Å²) < 4.78 is 0. The van der Waals surface area contributed by atoms with Crippen LogP contribution in [0, 0.1) is 0 Å². The molecule has 1 aromatic rings. The predicted molar refractivity (Wildman–Crippen MR) is 58.5 cm³/mol. The van der Waals surface area contributed by atoms with E-state index in [1.165, 1.54) is 24.8 Å². The molecule has 1 rings (SSSR count). The summed E-state index contributed by atoms with van der Waals surface area (Å²) in [6.45, 7) is 2.23. The Labute approximate surface area is 77.6 Å². The van der Waals surface area contributed by atoms with Gasteiger partial charge < -0.3 is 0 Å². The lowest BCUT2D eigenvalue weighted by molar-refractivity contribution is 0.795. The fourth-order valence-corrected chi connectivity index (χ4v) is 1.03. The minimum absolute atomic E-state index is 0. The summed E-state index contributed by atoms with van der Waals surface area (Å²) in [6, 6.07) is 10.6. The van der Waals surface area contributed by atoms with Crippen molar-refractivity contribution in [2.75, 3.05) is 0 Å². The maximum absolute atomic E-state index is 2.23. The van der Waals surface area contributed by atoms with Crippen LogP contribution in [0.25, 0.3) is 0 Å². The van der Waals surface area contributed by atoms with Crippen LogP contribution in [0.1, 0.15) is 40.2 Å². The zero-order chi connectivity index (χ0) is 7.23. The van der Waals surface area contributed by atoms with Crippen molar-refractivity contribution in [2.24, 2.45) is 0 Å². The van der Waals surface area contributed by atoms with Crippen LogP contribution >= 0.6 is 0 Å². The second-order valence-electron chi connectivity index (χ2n) is 2.59. The van der Waals surface area contributed by atoms with Gasteiger partial charge in [0, 0.05) is 0 Å². The van der Waals surface area contributed by atoms with Crippen LogP contribution in [0.5, 0.6) is 0 Å². The lowest BCUT2D eigenvalue weighted by Gasteiger charge is -1.96. The van der Waals surface area contributed by atoms with Crippen molar-refractivity contribution in [3.63, 3.8) is 0 Å². The average Bonchev–Trinajstić information content (AvgIpc) is 2.03. The van der Waals surface area contributed by atoms with E-state index in [1.807, 2.05) is 0 Å². The van der Waals surface area contributed by atoms with E-state index in [0.717, 1.165) is 0 Å². The van der Waals surface area contributed by atoms with Gasteiger partial charge in [0.25, 0.3) is 0 Å². The van der Waals surface area contributed by atoms with Crippen molar-refractivity contribution < 1.29 is 0 Å². The Balaban J connectivity index is 0. The third kappa shape index (κ3) is 4.95. The molecular weight excluding hydrogens is 144 g/mol. The van der Waals surface area contributed by atoms with Gasteiger partial charge in [-0.15, -0.1) is 0 Å². The van der Waals surface area contributed by atoms with Gasteiger partial charge in [-0.25, -0.2) is 0 Å². The van der Waals surface area contributed by atoms with Crippen molar-refractivity contribution in [3.05, 3.63) is 35.9 Å². The van der Waals surface area contributed by atoms with Gasteiger partial charge in [0.15, 0.2) is 0 Å². The maximum atomic E-state index is 2.23. The van der Waals surface area contributed by atoms with Crippen LogP contribution < -0.4 is 0 Å². The van der Waals surface area contributed by atoms with Crippen LogP contribution in [0.15, 0.2) is 30.3 Å². The summed E-state index contributed by atoms with van der Waals surface area (Å²) in [4.78, 5) is 0. The second kappa shape index (κ2) is 8.32. The van der Waals surface area contributed by atoms with Gasteiger partial charge in [-0.3, -0.25) is 0 Å². The van der Waals surface area contributed by atoms with E-state index in [0.29, 0.717) is 0 Å². The zero-order valence-electron chi connectivity index (χ0n) is 6.51. The van der Waals surface area contributed by atoms with Gasteiger partial charge in [0.05, 0.1) is 0 Å². The first-order valence-corrected chi connectivity index (χ1v) is 3.97. The normalized spacial score (nSPS) is 8.08. The quantitative estimate of drug-likeness (QED) is 0.628. The number of rotatable bonds is 3.